The predicted molar refractivity (Wildman–Crippen MR) is 101 cm³/mol. The van der Waals surface area contributed by atoms with Gasteiger partial charge >= 0.3 is 0 Å². The number of likely N-dealkylation sites (N-methyl/N-ethyl adjacent to an activating group) is 1. The third-order valence-electron chi connectivity index (χ3n) is 5.86. The first-order valence-electron chi connectivity index (χ1n) is 9.41. The Balaban J connectivity index is 1.72. The molecule has 26 heavy (non-hydrogen) atoms. The van der Waals surface area contributed by atoms with E-state index in [0.717, 1.165) is 56.9 Å². The average Bonchev–Trinajstić information content (AvgIpc) is 2.81. The molecule has 1 amide bonds. The summed E-state index contributed by atoms with van der Waals surface area (Å²) >= 11 is 0. The van der Waals surface area contributed by atoms with Crippen molar-refractivity contribution in [3.63, 3.8) is 0 Å². The number of ether oxygens (including phenoxy) is 2. The number of piperazine rings is 1. The van der Waals surface area contributed by atoms with Gasteiger partial charge in [0.2, 0.25) is 5.91 Å². The van der Waals surface area contributed by atoms with Crippen molar-refractivity contribution in [3.8, 4) is 5.75 Å². The summed E-state index contributed by atoms with van der Waals surface area (Å²) in [4.78, 5) is 16.8. The van der Waals surface area contributed by atoms with Crippen molar-refractivity contribution >= 4 is 5.91 Å². The minimum absolute atomic E-state index is 0.0965. The molecule has 6 nitrogen and oxygen atoms in total. The van der Waals surface area contributed by atoms with Crippen LogP contribution in [0.2, 0.25) is 0 Å². The highest BCUT2D eigenvalue weighted by Crippen LogP contribution is 2.31. The Kier molecular flexibility index (Phi) is 6.16. The standard InChI is InChI=1S/C20H31N3O3/c1-22-10-11-23(15-20(22)7-6-19(24)21-9-8-20)13-16-4-5-18(26-3)17(12-16)14-25-2/h4-5,12H,6-11,13-15H2,1-3H3,(H,21,24). The van der Waals surface area contributed by atoms with Crippen LogP contribution in [0.4, 0.5) is 0 Å². The van der Waals surface area contributed by atoms with E-state index in [1.165, 1.54) is 5.56 Å². The van der Waals surface area contributed by atoms with Crippen molar-refractivity contribution in [2.45, 2.75) is 38.0 Å². The molecule has 1 spiro atoms. The maximum Gasteiger partial charge on any atom is 0.220 e. The molecule has 1 unspecified atom stereocenters. The third-order valence-corrected chi connectivity index (χ3v) is 5.86. The molecule has 2 fully saturated rings. The van der Waals surface area contributed by atoms with Crippen molar-refractivity contribution in [1.29, 1.82) is 0 Å². The summed E-state index contributed by atoms with van der Waals surface area (Å²) in [7, 11) is 5.61. The van der Waals surface area contributed by atoms with Gasteiger partial charge in [-0.05, 0) is 37.6 Å². The first-order chi connectivity index (χ1) is 12.6. The SMILES string of the molecule is COCc1cc(CN2CCN(C)C3(CCNC(=O)CC3)C2)ccc1OC. The molecule has 1 aromatic carbocycles. The lowest BCUT2D eigenvalue weighted by molar-refractivity contribution is -0.121. The number of methoxy groups -OCH3 is 2. The topological polar surface area (TPSA) is 54.0 Å². The zero-order valence-electron chi connectivity index (χ0n) is 16.2. The van der Waals surface area contributed by atoms with Gasteiger partial charge in [-0.1, -0.05) is 6.07 Å². The van der Waals surface area contributed by atoms with Gasteiger partial charge in [0.05, 0.1) is 13.7 Å². The normalized spacial score (nSPS) is 25.1. The van der Waals surface area contributed by atoms with Gasteiger partial charge in [-0.25, -0.2) is 0 Å². The van der Waals surface area contributed by atoms with E-state index in [0.29, 0.717) is 13.0 Å². The van der Waals surface area contributed by atoms with Crippen molar-refractivity contribution < 1.29 is 14.3 Å². The molecule has 1 aromatic rings. The number of hydrogen-bond acceptors (Lipinski definition) is 5. The number of amides is 1. The summed E-state index contributed by atoms with van der Waals surface area (Å²) in [5.41, 5.74) is 2.46. The molecule has 3 rings (SSSR count). The van der Waals surface area contributed by atoms with Crippen LogP contribution in [-0.4, -0.2) is 68.7 Å². The fourth-order valence-electron chi connectivity index (χ4n) is 4.27. The fourth-order valence-corrected chi connectivity index (χ4v) is 4.27. The van der Waals surface area contributed by atoms with Crippen molar-refractivity contribution in [1.82, 2.24) is 15.1 Å². The van der Waals surface area contributed by atoms with Gasteiger partial charge < -0.3 is 14.8 Å². The van der Waals surface area contributed by atoms with Gasteiger partial charge in [-0.15, -0.1) is 0 Å². The van der Waals surface area contributed by atoms with Crippen molar-refractivity contribution in [3.05, 3.63) is 29.3 Å². The summed E-state index contributed by atoms with van der Waals surface area (Å²) in [5, 5.41) is 3.02. The first-order valence-corrected chi connectivity index (χ1v) is 9.41. The molecule has 0 bridgehead atoms. The van der Waals surface area contributed by atoms with Crippen LogP contribution < -0.4 is 10.1 Å². The van der Waals surface area contributed by atoms with Crippen LogP contribution in [0, 0.1) is 0 Å². The summed E-state index contributed by atoms with van der Waals surface area (Å²) in [6.07, 6.45) is 2.57. The molecular formula is C20H31N3O3. The largest absolute Gasteiger partial charge is 0.496 e. The molecular weight excluding hydrogens is 330 g/mol. The highest BCUT2D eigenvalue weighted by molar-refractivity contribution is 5.76. The summed E-state index contributed by atoms with van der Waals surface area (Å²) in [6.45, 7) is 5.33. The molecule has 2 aliphatic rings. The highest BCUT2D eigenvalue weighted by Gasteiger charge is 2.40. The summed E-state index contributed by atoms with van der Waals surface area (Å²) < 4.78 is 10.7. The number of hydrogen-bond donors (Lipinski definition) is 1. The van der Waals surface area contributed by atoms with E-state index >= 15 is 0 Å². The number of carbonyl (C=O) groups is 1. The lowest BCUT2D eigenvalue weighted by atomic mass is 9.86. The Morgan fingerprint density at radius 3 is 2.85 bits per heavy atom. The van der Waals surface area contributed by atoms with Crippen LogP contribution in [0.5, 0.6) is 5.75 Å². The monoisotopic (exact) mass is 361 g/mol. The minimum atomic E-state index is 0.0965. The molecule has 0 aromatic heterocycles. The van der Waals surface area contributed by atoms with E-state index in [2.05, 4.69) is 34.3 Å². The number of nitrogens with zero attached hydrogens (tertiary/aromatic N) is 2. The van der Waals surface area contributed by atoms with Crippen molar-refractivity contribution in [2.75, 3.05) is 47.4 Å². The second-order valence-corrected chi connectivity index (χ2v) is 7.54. The molecule has 6 heteroatoms. The summed E-state index contributed by atoms with van der Waals surface area (Å²) in [6, 6.07) is 6.36. The average molecular weight is 361 g/mol. The smallest absolute Gasteiger partial charge is 0.220 e. The fraction of sp³-hybridized carbons (Fsp3) is 0.650. The Labute approximate surface area is 156 Å². The minimum Gasteiger partial charge on any atom is -0.496 e. The number of nitrogens with one attached hydrogen (secondary N) is 1. The molecule has 144 valence electrons. The van der Waals surface area contributed by atoms with Crippen LogP contribution in [0.3, 0.4) is 0 Å². The van der Waals surface area contributed by atoms with E-state index < -0.39 is 0 Å². The summed E-state index contributed by atoms with van der Waals surface area (Å²) in [5.74, 6) is 1.06. The Morgan fingerprint density at radius 1 is 1.23 bits per heavy atom. The number of benzene rings is 1. The molecule has 1 N–H and O–H groups in total. The lowest BCUT2D eigenvalue weighted by Crippen LogP contribution is -2.60. The molecule has 0 radical (unpaired) electrons. The molecule has 0 aliphatic carbocycles. The predicted octanol–water partition coefficient (Wildman–Crippen LogP) is 1.63. The van der Waals surface area contributed by atoms with E-state index in [9.17, 15) is 4.79 Å². The van der Waals surface area contributed by atoms with Crippen molar-refractivity contribution in [2.24, 2.45) is 0 Å². The Bertz CT molecular complexity index is 637. The van der Waals surface area contributed by atoms with E-state index in [1.807, 2.05) is 6.07 Å². The van der Waals surface area contributed by atoms with Gasteiger partial charge in [-0.3, -0.25) is 14.6 Å². The lowest BCUT2D eigenvalue weighted by Gasteiger charge is -2.49. The van der Waals surface area contributed by atoms with Crippen LogP contribution in [-0.2, 0) is 22.7 Å². The van der Waals surface area contributed by atoms with E-state index in [-0.39, 0.29) is 11.4 Å². The van der Waals surface area contributed by atoms with Gasteiger partial charge in [0, 0.05) is 57.4 Å². The maximum absolute atomic E-state index is 11.8. The van der Waals surface area contributed by atoms with Gasteiger partial charge in [0.1, 0.15) is 5.75 Å². The van der Waals surface area contributed by atoms with Gasteiger partial charge in [0.25, 0.3) is 0 Å². The molecule has 2 aliphatic heterocycles. The second kappa shape index (κ2) is 8.37. The van der Waals surface area contributed by atoms with Crippen LogP contribution >= 0.6 is 0 Å². The Hall–Kier alpha value is -1.63. The van der Waals surface area contributed by atoms with E-state index in [1.54, 1.807) is 14.2 Å². The molecule has 1 atom stereocenters. The zero-order valence-corrected chi connectivity index (χ0v) is 16.2. The van der Waals surface area contributed by atoms with Crippen LogP contribution in [0.15, 0.2) is 18.2 Å². The maximum atomic E-state index is 11.8. The third kappa shape index (κ3) is 4.19. The van der Waals surface area contributed by atoms with Gasteiger partial charge in [0.15, 0.2) is 0 Å². The first kappa shape index (κ1) is 19.1. The van der Waals surface area contributed by atoms with E-state index in [4.69, 9.17) is 9.47 Å². The quantitative estimate of drug-likeness (QED) is 0.864. The van der Waals surface area contributed by atoms with Gasteiger partial charge in [-0.2, -0.15) is 0 Å². The number of rotatable bonds is 5. The van der Waals surface area contributed by atoms with Crippen LogP contribution in [0.1, 0.15) is 30.4 Å². The molecule has 0 saturated carbocycles. The Morgan fingerprint density at radius 2 is 2.08 bits per heavy atom. The molecule has 2 saturated heterocycles. The number of carbonyl (C=O) groups excluding carboxylic acids is 1. The second-order valence-electron chi connectivity index (χ2n) is 7.54. The van der Waals surface area contributed by atoms with Crippen LogP contribution in [0.25, 0.3) is 0 Å². The zero-order chi connectivity index (χ0) is 18.6. The molecule has 2 heterocycles. The highest BCUT2D eigenvalue weighted by atomic mass is 16.5.